The lowest BCUT2D eigenvalue weighted by atomic mass is 10.2. The first-order valence-electron chi connectivity index (χ1n) is 8.98. The maximum atomic E-state index is 12.3. The Morgan fingerprint density at radius 3 is 2.86 bits per heavy atom. The fourth-order valence-electron chi connectivity index (χ4n) is 2.67. The van der Waals surface area contributed by atoms with Crippen LogP contribution in [0.15, 0.2) is 59.6 Å². The van der Waals surface area contributed by atoms with E-state index in [9.17, 15) is 4.79 Å². The smallest absolute Gasteiger partial charge is 0.271 e. The van der Waals surface area contributed by atoms with Gasteiger partial charge in [-0.2, -0.15) is 4.98 Å². The Morgan fingerprint density at radius 2 is 2.14 bits per heavy atom. The highest BCUT2D eigenvalue weighted by atomic mass is 35.5. The van der Waals surface area contributed by atoms with Crippen LogP contribution in [-0.4, -0.2) is 30.6 Å². The molecular formula is C20H17ClN6O2. The summed E-state index contributed by atoms with van der Waals surface area (Å²) in [5, 5.41) is 7.33. The van der Waals surface area contributed by atoms with Crippen molar-refractivity contribution in [2.45, 2.75) is 19.9 Å². The van der Waals surface area contributed by atoms with E-state index in [-0.39, 0.29) is 5.91 Å². The zero-order valence-electron chi connectivity index (χ0n) is 15.5. The molecule has 0 radical (unpaired) electrons. The first-order chi connectivity index (χ1) is 14.1. The van der Waals surface area contributed by atoms with Gasteiger partial charge in [-0.1, -0.05) is 35.8 Å². The van der Waals surface area contributed by atoms with Gasteiger partial charge in [-0.3, -0.25) is 9.36 Å². The van der Waals surface area contributed by atoms with E-state index in [1.807, 2.05) is 25.1 Å². The number of pyridine rings is 1. The molecule has 0 spiro atoms. The molecule has 0 unspecified atom stereocenters. The van der Waals surface area contributed by atoms with E-state index in [4.69, 9.17) is 16.1 Å². The molecule has 0 aliphatic heterocycles. The molecular weight excluding hydrogens is 392 g/mol. The quantitative estimate of drug-likeness (QED) is 0.524. The highest BCUT2D eigenvalue weighted by Crippen LogP contribution is 2.18. The second-order valence-corrected chi connectivity index (χ2v) is 6.69. The summed E-state index contributed by atoms with van der Waals surface area (Å²) in [6.07, 6.45) is 5.50. The van der Waals surface area contributed by atoms with Crippen molar-refractivity contribution in [3.8, 4) is 17.3 Å². The van der Waals surface area contributed by atoms with Crippen molar-refractivity contribution >= 4 is 17.5 Å². The third kappa shape index (κ3) is 4.33. The number of imidazole rings is 1. The van der Waals surface area contributed by atoms with E-state index < -0.39 is 0 Å². The van der Waals surface area contributed by atoms with Crippen LogP contribution in [0.2, 0.25) is 5.02 Å². The minimum Gasteiger partial charge on any atom is -0.347 e. The molecule has 4 rings (SSSR count). The van der Waals surface area contributed by atoms with Gasteiger partial charge < -0.3 is 9.84 Å². The maximum absolute atomic E-state index is 12.3. The van der Waals surface area contributed by atoms with Gasteiger partial charge >= 0.3 is 0 Å². The maximum Gasteiger partial charge on any atom is 0.271 e. The van der Waals surface area contributed by atoms with Crippen molar-refractivity contribution in [3.63, 3.8) is 0 Å². The molecule has 0 aliphatic carbocycles. The van der Waals surface area contributed by atoms with Gasteiger partial charge in [-0.25, -0.2) is 9.97 Å². The Balaban J connectivity index is 1.43. The second-order valence-electron chi connectivity index (χ2n) is 6.25. The van der Waals surface area contributed by atoms with Crippen molar-refractivity contribution in [1.82, 2.24) is 30.0 Å². The summed E-state index contributed by atoms with van der Waals surface area (Å²) < 4.78 is 6.88. The molecule has 0 atom stereocenters. The molecule has 9 heteroatoms. The van der Waals surface area contributed by atoms with Crippen molar-refractivity contribution in [2.75, 3.05) is 0 Å². The Kier molecular flexibility index (Phi) is 5.35. The number of carbonyl (C=O) groups excluding carboxylic acids is 1. The zero-order valence-corrected chi connectivity index (χ0v) is 16.3. The largest absolute Gasteiger partial charge is 0.347 e. The third-order valence-electron chi connectivity index (χ3n) is 4.20. The van der Waals surface area contributed by atoms with Gasteiger partial charge in [0.05, 0.1) is 5.56 Å². The summed E-state index contributed by atoms with van der Waals surface area (Å²) in [5.41, 5.74) is 1.93. The summed E-state index contributed by atoms with van der Waals surface area (Å²) in [6.45, 7) is 2.32. The number of carbonyl (C=O) groups is 1. The first kappa shape index (κ1) is 18.8. The predicted molar refractivity (Wildman–Crippen MR) is 107 cm³/mol. The molecule has 3 heterocycles. The summed E-state index contributed by atoms with van der Waals surface area (Å²) in [7, 11) is 0. The van der Waals surface area contributed by atoms with Gasteiger partial charge in [0.2, 0.25) is 0 Å². The predicted octanol–water partition coefficient (Wildman–Crippen LogP) is 3.46. The number of amides is 1. The minimum absolute atomic E-state index is 0.279. The number of hydrogen-bond acceptors (Lipinski definition) is 6. The highest BCUT2D eigenvalue weighted by molar-refractivity contribution is 6.30. The molecule has 0 saturated carbocycles. The monoisotopic (exact) mass is 408 g/mol. The molecule has 0 fully saturated rings. The van der Waals surface area contributed by atoms with Crippen LogP contribution in [0.4, 0.5) is 0 Å². The van der Waals surface area contributed by atoms with Crippen LogP contribution in [0, 0.1) is 0 Å². The Morgan fingerprint density at radius 1 is 1.24 bits per heavy atom. The van der Waals surface area contributed by atoms with Crippen LogP contribution in [0.25, 0.3) is 17.3 Å². The van der Waals surface area contributed by atoms with E-state index in [2.05, 4.69) is 25.4 Å². The lowest BCUT2D eigenvalue weighted by Crippen LogP contribution is -2.23. The summed E-state index contributed by atoms with van der Waals surface area (Å²) in [6, 6.07) is 10.9. The van der Waals surface area contributed by atoms with Crippen molar-refractivity contribution < 1.29 is 9.32 Å². The molecule has 4 aromatic rings. The fourth-order valence-corrected chi connectivity index (χ4v) is 2.88. The zero-order chi connectivity index (χ0) is 20.2. The number of aryl methyl sites for hydroxylation is 1. The summed E-state index contributed by atoms with van der Waals surface area (Å²) in [5.74, 6) is 1.41. The van der Waals surface area contributed by atoms with E-state index in [0.717, 1.165) is 11.1 Å². The minimum atomic E-state index is -0.279. The molecule has 3 aromatic heterocycles. The Hall–Kier alpha value is -3.52. The standard InChI is InChI=1S/C20H17ClN6O2/c1-2-17-25-20(29-26-17)14-6-7-18(22-10-14)27-11-16(24-12-27)19(28)23-9-13-4-3-5-15(21)8-13/h3-8,10-12H,2,9H2,1H3,(H,23,28). The fraction of sp³-hybridized carbons (Fsp3) is 0.150. The Bertz CT molecular complexity index is 1140. The van der Waals surface area contributed by atoms with Crippen LogP contribution < -0.4 is 5.32 Å². The number of nitrogens with zero attached hydrogens (tertiary/aromatic N) is 5. The van der Waals surface area contributed by atoms with Crippen LogP contribution in [0.1, 0.15) is 28.8 Å². The average molecular weight is 409 g/mol. The normalized spacial score (nSPS) is 10.8. The summed E-state index contributed by atoms with van der Waals surface area (Å²) in [4.78, 5) is 25.2. The molecule has 0 aliphatic rings. The van der Waals surface area contributed by atoms with Gasteiger partial charge in [-0.15, -0.1) is 0 Å². The topological polar surface area (TPSA) is 98.7 Å². The van der Waals surface area contributed by atoms with Crippen molar-refractivity contribution in [1.29, 1.82) is 0 Å². The highest BCUT2D eigenvalue weighted by Gasteiger charge is 2.12. The number of rotatable bonds is 6. The van der Waals surface area contributed by atoms with Crippen LogP contribution in [0.5, 0.6) is 0 Å². The van der Waals surface area contributed by atoms with Crippen molar-refractivity contribution in [2.24, 2.45) is 0 Å². The van der Waals surface area contributed by atoms with Gasteiger partial charge in [-0.05, 0) is 29.8 Å². The van der Waals surface area contributed by atoms with Crippen LogP contribution >= 0.6 is 11.6 Å². The number of halogens is 1. The summed E-state index contributed by atoms with van der Waals surface area (Å²) >= 11 is 5.96. The van der Waals surface area contributed by atoms with Crippen LogP contribution in [0.3, 0.4) is 0 Å². The van der Waals surface area contributed by atoms with Crippen LogP contribution in [-0.2, 0) is 13.0 Å². The van der Waals surface area contributed by atoms with E-state index in [1.54, 1.807) is 35.2 Å². The second kappa shape index (κ2) is 8.24. The van der Waals surface area contributed by atoms with Gasteiger partial charge in [0.1, 0.15) is 17.8 Å². The van der Waals surface area contributed by atoms with E-state index in [0.29, 0.717) is 41.2 Å². The molecule has 0 bridgehead atoms. The molecule has 146 valence electrons. The third-order valence-corrected chi connectivity index (χ3v) is 4.44. The molecule has 1 amide bonds. The Labute approximate surface area is 171 Å². The average Bonchev–Trinajstić information content (AvgIpc) is 3.42. The number of nitrogens with one attached hydrogen (secondary N) is 1. The molecule has 8 nitrogen and oxygen atoms in total. The van der Waals surface area contributed by atoms with E-state index >= 15 is 0 Å². The lowest BCUT2D eigenvalue weighted by Gasteiger charge is -2.04. The van der Waals surface area contributed by atoms with Gasteiger partial charge in [0.15, 0.2) is 5.82 Å². The molecule has 1 N–H and O–H groups in total. The first-order valence-corrected chi connectivity index (χ1v) is 9.36. The van der Waals surface area contributed by atoms with Gasteiger partial charge in [0.25, 0.3) is 11.8 Å². The molecule has 1 aromatic carbocycles. The molecule has 29 heavy (non-hydrogen) atoms. The van der Waals surface area contributed by atoms with Crippen molar-refractivity contribution in [3.05, 3.63) is 77.2 Å². The molecule has 0 saturated heterocycles. The van der Waals surface area contributed by atoms with Gasteiger partial charge in [0, 0.05) is 30.4 Å². The number of aromatic nitrogens is 5. The number of hydrogen-bond donors (Lipinski definition) is 1. The lowest BCUT2D eigenvalue weighted by molar-refractivity contribution is 0.0946. The van der Waals surface area contributed by atoms with E-state index in [1.165, 1.54) is 6.33 Å². The SMILES string of the molecule is CCc1noc(-c2ccc(-n3cnc(C(=O)NCc4cccc(Cl)c4)c3)nc2)n1. The number of benzene rings is 1.